The first-order valence-electron chi connectivity index (χ1n) is 8.78. The molecule has 0 spiro atoms. The van der Waals surface area contributed by atoms with Crippen molar-refractivity contribution in [3.8, 4) is 0 Å². The summed E-state index contributed by atoms with van der Waals surface area (Å²) in [7, 11) is 0. The lowest BCUT2D eigenvalue weighted by atomic mass is 10.1. The van der Waals surface area contributed by atoms with E-state index in [1.165, 1.54) is 10.9 Å². The zero-order valence-electron chi connectivity index (χ0n) is 15.4. The Morgan fingerprint density at radius 2 is 1.81 bits per heavy atom. The third-order valence-corrected chi connectivity index (χ3v) is 4.72. The summed E-state index contributed by atoms with van der Waals surface area (Å²) in [5.41, 5.74) is 3.72. The van der Waals surface area contributed by atoms with Crippen LogP contribution in [0.3, 0.4) is 0 Å². The van der Waals surface area contributed by atoms with Gasteiger partial charge in [0.05, 0.1) is 17.2 Å². The Kier molecular flexibility index (Phi) is 5.16. The predicted molar refractivity (Wildman–Crippen MR) is 103 cm³/mol. The highest BCUT2D eigenvalue weighted by molar-refractivity contribution is 5.81. The maximum absolute atomic E-state index is 12.8. The molecular weight excluding hydrogens is 326 g/mol. The summed E-state index contributed by atoms with van der Waals surface area (Å²) in [4.78, 5) is 31.6. The Labute approximate surface area is 152 Å². The molecule has 0 fully saturated rings. The van der Waals surface area contributed by atoms with Crippen LogP contribution in [0.1, 0.15) is 23.6 Å². The van der Waals surface area contributed by atoms with Crippen molar-refractivity contribution in [1.82, 2.24) is 14.5 Å². The number of carbonyl (C=O) groups is 1. The minimum Gasteiger partial charge on any atom is -0.337 e. The molecule has 1 heterocycles. The molecule has 1 aromatic heterocycles. The highest BCUT2D eigenvalue weighted by Crippen LogP contribution is 2.13. The van der Waals surface area contributed by atoms with E-state index in [9.17, 15) is 9.59 Å². The fourth-order valence-electron chi connectivity index (χ4n) is 3.07. The topological polar surface area (TPSA) is 55.2 Å². The average molecular weight is 349 g/mol. The Hall–Kier alpha value is -2.95. The number of carbonyl (C=O) groups excluding carboxylic acids is 1. The molecule has 0 saturated carbocycles. The van der Waals surface area contributed by atoms with Crippen LogP contribution in [0.4, 0.5) is 0 Å². The van der Waals surface area contributed by atoms with Gasteiger partial charge in [0.15, 0.2) is 0 Å². The smallest absolute Gasteiger partial charge is 0.261 e. The van der Waals surface area contributed by atoms with E-state index in [1.807, 2.05) is 57.2 Å². The summed E-state index contributed by atoms with van der Waals surface area (Å²) >= 11 is 0. The first-order valence-corrected chi connectivity index (χ1v) is 8.78. The number of benzene rings is 2. The number of rotatable bonds is 5. The highest BCUT2D eigenvalue weighted by atomic mass is 16.2. The number of aryl methyl sites for hydroxylation is 2. The van der Waals surface area contributed by atoms with Gasteiger partial charge in [0, 0.05) is 13.1 Å². The molecular formula is C21H23N3O2. The molecule has 3 aromatic rings. The summed E-state index contributed by atoms with van der Waals surface area (Å²) in [6.45, 7) is 7.02. The van der Waals surface area contributed by atoms with Crippen LogP contribution in [-0.4, -0.2) is 26.9 Å². The normalized spacial score (nSPS) is 10.9. The van der Waals surface area contributed by atoms with Crippen molar-refractivity contribution in [2.75, 3.05) is 6.54 Å². The minimum absolute atomic E-state index is 0.00453. The van der Waals surface area contributed by atoms with Crippen molar-refractivity contribution in [3.05, 3.63) is 75.8 Å². The van der Waals surface area contributed by atoms with Gasteiger partial charge in [-0.05, 0) is 43.5 Å². The average Bonchev–Trinajstić information content (AvgIpc) is 2.64. The standard InChI is InChI=1S/C21H23N3O2/c1-4-23(12-17-10-6-5-8-15(17)2)19(25)13-24-14-22-20-16(3)9-7-11-18(20)21(24)26/h5-11,14H,4,12-13H2,1-3H3. The lowest BCUT2D eigenvalue weighted by molar-refractivity contribution is -0.132. The molecule has 1 amide bonds. The van der Waals surface area contributed by atoms with Crippen LogP contribution in [0.5, 0.6) is 0 Å². The Balaban J connectivity index is 1.84. The van der Waals surface area contributed by atoms with Gasteiger partial charge >= 0.3 is 0 Å². The number of nitrogens with zero attached hydrogens (tertiary/aromatic N) is 3. The van der Waals surface area contributed by atoms with Crippen molar-refractivity contribution >= 4 is 16.8 Å². The van der Waals surface area contributed by atoms with E-state index < -0.39 is 0 Å². The van der Waals surface area contributed by atoms with Crippen molar-refractivity contribution in [2.45, 2.75) is 33.9 Å². The van der Waals surface area contributed by atoms with Crippen LogP contribution >= 0.6 is 0 Å². The summed E-state index contributed by atoms with van der Waals surface area (Å²) in [6.07, 6.45) is 1.47. The van der Waals surface area contributed by atoms with Crippen LogP contribution in [0.15, 0.2) is 53.6 Å². The second kappa shape index (κ2) is 7.52. The van der Waals surface area contributed by atoms with Crippen LogP contribution in [0, 0.1) is 13.8 Å². The number of hydrogen-bond acceptors (Lipinski definition) is 3. The minimum atomic E-state index is -0.181. The molecule has 0 aliphatic carbocycles. The first kappa shape index (κ1) is 17.9. The zero-order chi connectivity index (χ0) is 18.7. The van der Waals surface area contributed by atoms with Crippen LogP contribution < -0.4 is 5.56 Å². The third-order valence-electron chi connectivity index (χ3n) is 4.72. The SMILES string of the molecule is CCN(Cc1ccccc1C)C(=O)Cn1cnc2c(C)cccc2c1=O. The number of para-hydroxylation sites is 1. The van der Waals surface area contributed by atoms with Gasteiger partial charge in [-0.1, -0.05) is 36.4 Å². The van der Waals surface area contributed by atoms with Crippen molar-refractivity contribution in [1.29, 1.82) is 0 Å². The van der Waals surface area contributed by atoms with Gasteiger partial charge in [0.1, 0.15) is 6.54 Å². The molecule has 26 heavy (non-hydrogen) atoms. The maximum atomic E-state index is 12.8. The second-order valence-corrected chi connectivity index (χ2v) is 6.48. The maximum Gasteiger partial charge on any atom is 0.261 e. The number of amides is 1. The van der Waals surface area contributed by atoms with E-state index in [0.29, 0.717) is 24.0 Å². The quantitative estimate of drug-likeness (QED) is 0.711. The molecule has 0 radical (unpaired) electrons. The van der Waals surface area contributed by atoms with Crippen molar-refractivity contribution in [2.24, 2.45) is 0 Å². The van der Waals surface area contributed by atoms with Gasteiger partial charge in [0.25, 0.3) is 5.56 Å². The number of likely N-dealkylation sites (N-methyl/N-ethyl adjacent to an activating group) is 1. The van der Waals surface area contributed by atoms with Gasteiger partial charge in [-0.2, -0.15) is 0 Å². The van der Waals surface area contributed by atoms with Crippen molar-refractivity contribution in [3.63, 3.8) is 0 Å². The Morgan fingerprint density at radius 3 is 2.54 bits per heavy atom. The number of aromatic nitrogens is 2. The van der Waals surface area contributed by atoms with E-state index >= 15 is 0 Å². The molecule has 2 aromatic carbocycles. The predicted octanol–water partition coefficient (Wildman–Crippen LogP) is 3.06. The van der Waals surface area contributed by atoms with E-state index in [0.717, 1.165) is 16.7 Å². The molecule has 3 rings (SSSR count). The van der Waals surface area contributed by atoms with Crippen LogP contribution in [0.25, 0.3) is 10.9 Å². The summed E-state index contributed by atoms with van der Waals surface area (Å²) in [6, 6.07) is 13.5. The fraction of sp³-hybridized carbons (Fsp3) is 0.286. The van der Waals surface area contributed by atoms with Gasteiger partial charge in [0.2, 0.25) is 5.91 Å². The third kappa shape index (κ3) is 3.52. The zero-order valence-corrected chi connectivity index (χ0v) is 15.4. The van der Waals surface area contributed by atoms with E-state index in [-0.39, 0.29) is 18.0 Å². The van der Waals surface area contributed by atoms with E-state index in [1.54, 1.807) is 11.0 Å². The molecule has 0 unspecified atom stereocenters. The van der Waals surface area contributed by atoms with Crippen LogP contribution in [0.2, 0.25) is 0 Å². The lowest BCUT2D eigenvalue weighted by Crippen LogP contribution is -2.36. The largest absolute Gasteiger partial charge is 0.337 e. The Morgan fingerprint density at radius 1 is 1.08 bits per heavy atom. The number of fused-ring (bicyclic) bond motifs is 1. The molecule has 134 valence electrons. The summed E-state index contributed by atoms with van der Waals surface area (Å²) in [5.74, 6) is -0.0911. The van der Waals surface area contributed by atoms with E-state index in [4.69, 9.17) is 0 Å². The highest BCUT2D eigenvalue weighted by Gasteiger charge is 2.15. The van der Waals surface area contributed by atoms with E-state index in [2.05, 4.69) is 4.98 Å². The fourth-order valence-corrected chi connectivity index (χ4v) is 3.07. The lowest BCUT2D eigenvalue weighted by Gasteiger charge is -2.22. The van der Waals surface area contributed by atoms with Gasteiger partial charge in [-0.15, -0.1) is 0 Å². The first-order chi connectivity index (χ1) is 12.5. The molecule has 0 aliphatic rings. The Bertz CT molecular complexity index is 1010. The molecule has 0 N–H and O–H groups in total. The summed E-state index contributed by atoms with van der Waals surface area (Å²) in [5, 5.41) is 0.544. The number of hydrogen-bond donors (Lipinski definition) is 0. The van der Waals surface area contributed by atoms with Gasteiger partial charge in [-0.25, -0.2) is 4.98 Å². The monoisotopic (exact) mass is 349 g/mol. The van der Waals surface area contributed by atoms with Gasteiger partial charge in [-0.3, -0.25) is 14.2 Å². The molecule has 0 aliphatic heterocycles. The van der Waals surface area contributed by atoms with Gasteiger partial charge < -0.3 is 4.90 Å². The summed E-state index contributed by atoms with van der Waals surface area (Å²) < 4.78 is 1.39. The molecule has 0 saturated heterocycles. The second-order valence-electron chi connectivity index (χ2n) is 6.48. The molecule has 5 nitrogen and oxygen atoms in total. The van der Waals surface area contributed by atoms with Crippen molar-refractivity contribution < 1.29 is 4.79 Å². The molecule has 5 heteroatoms. The molecule has 0 atom stereocenters. The molecule has 0 bridgehead atoms. The van der Waals surface area contributed by atoms with Crippen LogP contribution in [-0.2, 0) is 17.9 Å².